The minimum Gasteiger partial charge on any atom is -0.497 e. The molecule has 1 aliphatic rings. The van der Waals surface area contributed by atoms with Gasteiger partial charge in [0.1, 0.15) is 17.7 Å². The Morgan fingerprint density at radius 3 is 2.56 bits per heavy atom. The smallest absolute Gasteiger partial charge is 0.174 e. The van der Waals surface area contributed by atoms with Crippen molar-refractivity contribution < 1.29 is 27.4 Å². The van der Waals surface area contributed by atoms with Crippen molar-refractivity contribution in [2.24, 2.45) is 5.41 Å². The van der Waals surface area contributed by atoms with Crippen LogP contribution < -0.4 is 9.64 Å². The van der Waals surface area contributed by atoms with Gasteiger partial charge in [0.2, 0.25) is 0 Å². The fourth-order valence-electron chi connectivity index (χ4n) is 5.14. The van der Waals surface area contributed by atoms with Crippen LogP contribution in [0.25, 0.3) is 10.9 Å². The summed E-state index contributed by atoms with van der Waals surface area (Å²) in [5.74, 6) is 2.60. The molecule has 1 N–H and O–H groups in total. The molecule has 1 atom stereocenters. The van der Waals surface area contributed by atoms with E-state index in [0.717, 1.165) is 6.07 Å². The van der Waals surface area contributed by atoms with Crippen molar-refractivity contribution in [3.63, 3.8) is 0 Å². The Bertz CT molecular complexity index is 1380. The van der Waals surface area contributed by atoms with Crippen LogP contribution in [0.15, 0.2) is 36.5 Å². The van der Waals surface area contributed by atoms with Gasteiger partial charge in [0.05, 0.1) is 36.6 Å². The van der Waals surface area contributed by atoms with E-state index < -0.39 is 29.0 Å². The van der Waals surface area contributed by atoms with E-state index in [1.807, 2.05) is 36.0 Å². The molecule has 208 valence electrons. The van der Waals surface area contributed by atoms with E-state index in [1.165, 1.54) is 0 Å². The summed E-state index contributed by atoms with van der Waals surface area (Å²) in [5, 5.41) is 11.0. The molecule has 1 saturated heterocycles. The number of aromatic nitrogens is 1. The summed E-state index contributed by atoms with van der Waals surface area (Å²) in [4.78, 5) is 8.37. The van der Waals surface area contributed by atoms with Crippen molar-refractivity contribution in [3.05, 3.63) is 65.1 Å². The first-order chi connectivity index (χ1) is 18.7. The van der Waals surface area contributed by atoms with Crippen LogP contribution in [0.3, 0.4) is 0 Å². The fraction of sp³-hybridized carbons (Fsp3) is 0.433. The number of aliphatic hydroxyl groups is 1. The molecule has 9 heteroatoms. The molecule has 4 rings (SSSR count). The minimum atomic E-state index is -1.27. The number of piperidine rings is 1. The molecule has 39 heavy (non-hydrogen) atoms. The van der Waals surface area contributed by atoms with E-state index >= 15 is 4.39 Å². The number of fused-ring (bicyclic) bond motifs is 1. The van der Waals surface area contributed by atoms with Crippen LogP contribution in [-0.2, 0) is 0 Å². The highest BCUT2D eigenvalue weighted by Gasteiger charge is 2.35. The van der Waals surface area contributed by atoms with Crippen molar-refractivity contribution >= 4 is 16.6 Å². The fourth-order valence-corrected chi connectivity index (χ4v) is 5.14. The molecule has 1 aliphatic heterocycles. The third kappa shape index (κ3) is 6.45. The molecule has 0 aliphatic carbocycles. The van der Waals surface area contributed by atoms with E-state index in [2.05, 4.69) is 16.8 Å². The second-order valence-electron chi connectivity index (χ2n) is 10.3. The van der Waals surface area contributed by atoms with Crippen LogP contribution in [0.4, 0.5) is 23.2 Å². The molecule has 2 heterocycles. The number of aliphatic hydroxyl groups excluding tert-OH is 1. The standard InChI is InChI=1S/C30H33F4N3O2/c1-36(2)27-18-35-26-7-6-22(39-3)17-23(26)28(27)24(32)8-9-30(19-38)10-13-37(14-11-30)12-4-5-20-15-21(31)16-25(33)29(20)34/h6-7,15-18,24,38H,8-14,19H2,1-3H3. The number of hydrogen-bond donors (Lipinski definition) is 1. The Labute approximate surface area is 226 Å². The lowest BCUT2D eigenvalue weighted by atomic mass is 9.74. The monoisotopic (exact) mass is 543 g/mol. The molecule has 0 bridgehead atoms. The van der Waals surface area contributed by atoms with Crippen molar-refractivity contribution in [2.45, 2.75) is 31.9 Å². The lowest BCUT2D eigenvalue weighted by Crippen LogP contribution is -2.42. The van der Waals surface area contributed by atoms with E-state index in [0.29, 0.717) is 72.9 Å². The van der Waals surface area contributed by atoms with Gasteiger partial charge in [0.25, 0.3) is 0 Å². The maximum atomic E-state index is 16.0. The number of methoxy groups -OCH3 is 1. The van der Waals surface area contributed by atoms with Gasteiger partial charge in [-0.25, -0.2) is 17.6 Å². The molecular weight excluding hydrogens is 510 g/mol. The number of halogens is 4. The lowest BCUT2D eigenvalue weighted by molar-refractivity contribution is 0.0345. The molecule has 1 fully saturated rings. The number of rotatable bonds is 8. The van der Waals surface area contributed by atoms with Crippen molar-refractivity contribution in [1.82, 2.24) is 9.88 Å². The van der Waals surface area contributed by atoms with Crippen LogP contribution in [-0.4, -0.2) is 62.4 Å². The molecule has 2 aromatic carbocycles. The first-order valence-electron chi connectivity index (χ1n) is 12.9. The van der Waals surface area contributed by atoms with Crippen molar-refractivity contribution in [2.75, 3.05) is 52.3 Å². The second kappa shape index (κ2) is 12.2. The maximum Gasteiger partial charge on any atom is 0.174 e. The van der Waals surface area contributed by atoms with Gasteiger partial charge in [0.15, 0.2) is 11.6 Å². The molecule has 5 nitrogen and oxygen atoms in total. The average molecular weight is 544 g/mol. The Balaban J connectivity index is 1.43. The molecule has 0 saturated carbocycles. The summed E-state index contributed by atoms with van der Waals surface area (Å²) >= 11 is 0. The molecule has 0 spiro atoms. The molecule has 1 aromatic heterocycles. The predicted molar refractivity (Wildman–Crippen MR) is 144 cm³/mol. The first kappa shape index (κ1) is 28.7. The molecule has 3 aromatic rings. The average Bonchev–Trinajstić information content (AvgIpc) is 2.94. The first-order valence-corrected chi connectivity index (χ1v) is 12.9. The van der Waals surface area contributed by atoms with E-state index in [4.69, 9.17) is 4.74 Å². The van der Waals surface area contributed by atoms with Crippen LogP contribution >= 0.6 is 0 Å². The number of anilines is 1. The van der Waals surface area contributed by atoms with E-state index in [9.17, 15) is 18.3 Å². The maximum absolute atomic E-state index is 16.0. The van der Waals surface area contributed by atoms with Gasteiger partial charge < -0.3 is 14.7 Å². The van der Waals surface area contributed by atoms with Crippen molar-refractivity contribution in [3.8, 4) is 17.6 Å². The summed E-state index contributed by atoms with van der Waals surface area (Å²) in [6, 6.07) is 6.78. The van der Waals surface area contributed by atoms with Crippen LogP contribution in [0.1, 0.15) is 43.0 Å². The Morgan fingerprint density at radius 1 is 1.15 bits per heavy atom. The highest BCUT2D eigenvalue weighted by molar-refractivity contribution is 5.88. The number of likely N-dealkylation sites (tertiary alicyclic amines) is 1. The van der Waals surface area contributed by atoms with Gasteiger partial charge >= 0.3 is 0 Å². The summed E-state index contributed by atoms with van der Waals surface area (Å²) in [6.45, 7) is 1.47. The molecule has 0 amide bonds. The third-order valence-corrected chi connectivity index (χ3v) is 7.59. The Hall–Kier alpha value is -3.35. The van der Waals surface area contributed by atoms with Crippen molar-refractivity contribution in [1.29, 1.82) is 0 Å². The number of ether oxygens (including phenoxy) is 1. The SMILES string of the molecule is COc1ccc2ncc(N(C)C)c(C(F)CCC3(CO)CCN(CC#Cc4cc(F)cc(F)c4F)CC3)c2c1. The van der Waals surface area contributed by atoms with Gasteiger partial charge in [-0.3, -0.25) is 9.88 Å². The molecular formula is C30H33F4N3O2. The number of hydrogen-bond acceptors (Lipinski definition) is 5. The third-order valence-electron chi connectivity index (χ3n) is 7.59. The quantitative estimate of drug-likeness (QED) is 0.226. The zero-order valence-electron chi connectivity index (χ0n) is 22.4. The number of alkyl halides is 1. The topological polar surface area (TPSA) is 48.8 Å². The Morgan fingerprint density at radius 2 is 1.90 bits per heavy atom. The molecule has 1 unspecified atom stereocenters. The summed E-state index contributed by atoms with van der Waals surface area (Å²) < 4.78 is 62.0. The normalized spacial score (nSPS) is 16.0. The second-order valence-corrected chi connectivity index (χ2v) is 10.3. The highest BCUT2D eigenvalue weighted by atomic mass is 19.2. The zero-order valence-corrected chi connectivity index (χ0v) is 22.4. The largest absolute Gasteiger partial charge is 0.497 e. The Kier molecular flexibility index (Phi) is 8.98. The van der Waals surface area contributed by atoms with E-state index in [-0.39, 0.29) is 18.6 Å². The van der Waals surface area contributed by atoms with Crippen LogP contribution in [0, 0.1) is 34.7 Å². The predicted octanol–water partition coefficient (Wildman–Crippen LogP) is 5.64. The zero-order chi connectivity index (χ0) is 28.2. The van der Waals surface area contributed by atoms with Gasteiger partial charge in [-0.15, -0.1) is 0 Å². The van der Waals surface area contributed by atoms with Gasteiger partial charge in [-0.05, 0) is 68.5 Å². The highest BCUT2D eigenvalue weighted by Crippen LogP contribution is 2.42. The minimum absolute atomic E-state index is 0.0571. The molecule has 0 radical (unpaired) electrons. The summed E-state index contributed by atoms with van der Waals surface area (Å²) in [7, 11) is 5.28. The van der Waals surface area contributed by atoms with Crippen LogP contribution in [0.2, 0.25) is 0 Å². The number of pyridine rings is 1. The van der Waals surface area contributed by atoms with Gasteiger partial charge in [0, 0.05) is 37.7 Å². The van der Waals surface area contributed by atoms with E-state index in [1.54, 1.807) is 19.4 Å². The summed E-state index contributed by atoms with van der Waals surface area (Å²) in [6.07, 6.45) is 2.44. The number of nitrogens with zero attached hydrogens (tertiary/aromatic N) is 3. The lowest BCUT2D eigenvalue weighted by Gasteiger charge is -2.40. The van der Waals surface area contributed by atoms with Gasteiger partial charge in [-0.2, -0.15) is 0 Å². The van der Waals surface area contributed by atoms with Crippen LogP contribution in [0.5, 0.6) is 5.75 Å². The van der Waals surface area contributed by atoms with Gasteiger partial charge in [-0.1, -0.05) is 11.8 Å². The number of benzene rings is 2. The summed E-state index contributed by atoms with van der Waals surface area (Å²) in [5.41, 5.74) is 1.20.